The van der Waals surface area contributed by atoms with Crippen molar-refractivity contribution in [2.24, 2.45) is 0 Å². The number of hydrogen-bond donors (Lipinski definition) is 1. The summed E-state index contributed by atoms with van der Waals surface area (Å²) in [5.74, 6) is 0.373. The second-order valence-electron chi connectivity index (χ2n) is 4.03. The van der Waals surface area contributed by atoms with Gasteiger partial charge in [0.1, 0.15) is 5.82 Å². The third-order valence-electron chi connectivity index (χ3n) is 2.54. The first-order valence-electron chi connectivity index (χ1n) is 5.27. The Labute approximate surface area is 106 Å². The molecule has 0 spiro atoms. The minimum atomic E-state index is -3.22. The van der Waals surface area contributed by atoms with E-state index in [-0.39, 0.29) is 4.90 Å². The molecule has 1 aromatic carbocycles. The lowest BCUT2D eigenvalue weighted by molar-refractivity contribution is 0.602. The summed E-state index contributed by atoms with van der Waals surface area (Å²) in [6.07, 6.45) is 2.70. The van der Waals surface area contributed by atoms with E-state index in [1.807, 2.05) is 0 Å². The summed E-state index contributed by atoms with van der Waals surface area (Å²) in [7, 11) is -3.22. The first-order valence-corrected chi connectivity index (χ1v) is 7.16. The van der Waals surface area contributed by atoms with E-state index in [1.165, 1.54) is 12.5 Å². The molecular formula is C12H13N3O2S. The van der Waals surface area contributed by atoms with Crippen LogP contribution >= 0.6 is 0 Å². The Bertz CT molecular complexity index is 696. The van der Waals surface area contributed by atoms with Gasteiger partial charge in [-0.3, -0.25) is 0 Å². The van der Waals surface area contributed by atoms with Gasteiger partial charge in [0.15, 0.2) is 9.84 Å². The van der Waals surface area contributed by atoms with Gasteiger partial charge in [-0.25, -0.2) is 18.4 Å². The van der Waals surface area contributed by atoms with Crippen molar-refractivity contribution < 1.29 is 8.42 Å². The van der Waals surface area contributed by atoms with E-state index < -0.39 is 9.84 Å². The molecule has 0 aliphatic rings. The fraction of sp³-hybridized carbons (Fsp3) is 0.167. The average Bonchev–Trinajstić information content (AvgIpc) is 2.32. The highest BCUT2D eigenvalue weighted by molar-refractivity contribution is 7.90. The quantitative estimate of drug-likeness (QED) is 0.886. The van der Waals surface area contributed by atoms with Crippen LogP contribution in [0.25, 0.3) is 11.3 Å². The number of benzene rings is 1. The predicted molar refractivity (Wildman–Crippen MR) is 69.7 cm³/mol. The number of nitrogen functional groups attached to an aromatic ring is 1. The van der Waals surface area contributed by atoms with E-state index in [0.717, 1.165) is 0 Å². The number of hydrogen-bond acceptors (Lipinski definition) is 5. The second-order valence-corrected chi connectivity index (χ2v) is 6.04. The van der Waals surface area contributed by atoms with Gasteiger partial charge < -0.3 is 5.73 Å². The van der Waals surface area contributed by atoms with E-state index >= 15 is 0 Å². The normalized spacial score (nSPS) is 11.4. The lowest BCUT2D eigenvalue weighted by Gasteiger charge is -2.05. The molecule has 0 saturated carbocycles. The molecule has 2 rings (SSSR count). The summed E-state index contributed by atoms with van der Waals surface area (Å²) in [6.45, 7) is 1.76. The van der Waals surface area contributed by atoms with Gasteiger partial charge in [0, 0.05) is 11.8 Å². The van der Waals surface area contributed by atoms with E-state index in [0.29, 0.717) is 22.8 Å². The molecular weight excluding hydrogens is 250 g/mol. The van der Waals surface area contributed by atoms with Crippen LogP contribution in [0.4, 0.5) is 5.82 Å². The van der Waals surface area contributed by atoms with Crippen LogP contribution in [0.1, 0.15) is 5.69 Å². The Hall–Kier alpha value is -1.95. The Morgan fingerprint density at radius 2 is 2.00 bits per heavy atom. The number of aryl methyl sites for hydroxylation is 1. The van der Waals surface area contributed by atoms with Crippen molar-refractivity contribution in [1.82, 2.24) is 9.97 Å². The molecule has 0 saturated heterocycles. The molecule has 0 aliphatic carbocycles. The van der Waals surface area contributed by atoms with Crippen LogP contribution in [-0.4, -0.2) is 24.6 Å². The van der Waals surface area contributed by atoms with Crippen molar-refractivity contribution in [2.45, 2.75) is 11.8 Å². The van der Waals surface area contributed by atoms with Gasteiger partial charge in [-0.2, -0.15) is 0 Å². The maximum atomic E-state index is 11.5. The van der Waals surface area contributed by atoms with Crippen LogP contribution in [-0.2, 0) is 9.84 Å². The molecule has 18 heavy (non-hydrogen) atoms. The van der Waals surface area contributed by atoms with Gasteiger partial charge in [-0.1, -0.05) is 12.1 Å². The van der Waals surface area contributed by atoms with Crippen LogP contribution in [0, 0.1) is 6.92 Å². The summed E-state index contributed by atoms with van der Waals surface area (Å²) >= 11 is 0. The molecule has 0 radical (unpaired) electrons. The highest BCUT2D eigenvalue weighted by Crippen LogP contribution is 2.21. The topological polar surface area (TPSA) is 85.9 Å². The van der Waals surface area contributed by atoms with Gasteiger partial charge in [0.2, 0.25) is 0 Å². The fourth-order valence-electron chi connectivity index (χ4n) is 1.52. The smallest absolute Gasteiger partial charge is 0.175 e. The maximum absolute atomic E-state index is 11.5. The van der Waals surface area contributed by atoms with E-state index in [4.69, 9.17) is 5.73 Å². The summed E-state index contributed by atoms with van der Waals surface area (Å²) in [4.78, 5) is 8.56. The molecule has 0 amide bonds. The van der Waals surface area contributed by atoms with E-state index in [1.54, 1.807) is 31.2 Å². The van der Waals surface area contributed by atoms with Crippen molar-refractivity contribution >= 4 is 15.7 Å². The number of aromatic nitrogens is 2. The Kier molecular flexibility index (Phi) is 3.04. The van der Waals surface area contributed by atoms with Gasteiger partial charge in [0.05, 0.1) is 22.5 Å². The van der Waals surface area contributed by atoms with Gasteiger partial charge in [-0.05, 0) is 19.1 Å². The summed E-state index contributed by atoms with van der Waals surface area (Å²) < 4.78 is 23.0. The molecule has 1 heterocycles. The van der Waals surface area contributed by atoms with E-state index in [9.17, 15) is 8.42 Å². The first-order chi connectivity index (χ1) is 8.38. The maximum Gasteiger partial charge on any atom is 0.175 e. The largest absolute Gasteiger partial charge is 0.382 e. The number of rotatable bonds is 2. The zero-order valence-electron chi connectivity index (χ0n) is 10.1. The molecule has 5 nitrogen and oxygen atoms in total. The molecule has 1 aromatic heterocycles. The Balaban J connectivity index is 2.55. The molecule has 2 aromatic rings. The van der Waals surface area contributed by atoms with Crippen molar-refractivity contribution in [1.29, 1.82) is 0 Å². The van der Waals surface area contributed by atoms with Crippen LogP contribution in [0.2, 0.25) is 0 Å². The first kappa shape index (κ1) is 12.5. The van der Waals surface area contributed by atoms with Gasteiger partial charge in [-0.15, -0.1) is 0 Å². The van der Waals surface area contributed by atoms with Crippen molar-refractivity contribution in [3.63, 3.8) is 0 Å². The minimum Gasteiger partial charge on any atom is -0.382 e. The SMILES string of the molecule is Cc1nc(-c2cccc(S(C)(=O)=O)c2)cnc1N. The molecule has 94 valence electrons. The second kappa shape index (κ2) is 4.38. The number of anilines is 1. The molecule has 0 unspecified atom stereocenters. The molecule has 2 N–H and O–H groups in total. The highest BCUT2D eigenvalue weighted by atomic mass is 32.2. The molecule has 0 fully saturated rings. The Morgan fingerprint density at radius 3 is 2.61 bits per heavy atom. The molecule has 0 atom stereocenters. The van der Waals surface area contributed by atoms with Crippen LogP contribution in [0.5, 0.6) is 0 Å². The van der Waals surface area contributed by atoms with Crippen molar-refractivity contribution in [3.8, 4) is 11.3 Å². The number of sulfone groups is 1. The summed E-state index contributed by atoms with van der Waals surface area (Å²) in [5, 5.41) is 0. The molecule has 0 aliphatic heterocycles. The van der Waals surface area contributed by atoms with Crippen LogP contribution in [0.3, 0.4) is 0 Å². The standard InChI is InChI=1S/C12H13N3O2S/c1-8-12(13)14-7-11(15-8)9-4-3-5-10(6-9)18(2,16)17/h3-7H,1-2H3,(H2,13,14). The van der Waals surface area contributed by atoms with E-state index in [2.05, 4.69) is 9.97 Å². The van der Waals surface area contributed by atoms with Crippen LogP contribution in [0.15, 0.2) is 35.4 Å². The van der Waals surface area contributed by atoms with Crippen molar-refractivity contribution in [3.05, 3.63) is 36.2 Å². The van der Waals surface area contributed by atoms with Crippen LogP contribution < -0.4 is 5.73 Å². The molecule has 6 heteroatoms. The number of nitrogens with zero attached hydrogens (tertiary/aromatic N) is 2. The zero-order valence-corrected chi connectivity index (χ0v) is 10.9. The third-order valence-corrected chi connectivity index (χ3v) is 3.65. The number of nitrogens with two attached hydrogens (primary N) is 1. The summed E-state index contributed by atoms with van der Waals surface area (Å²) in [5.41, 5.74) is 7.53. The van der Waals surface area contributed by atoms with Gasteiger partial charge in [0.25, 0.3) is 0 Å². The highest BCUT2D eigenvalue weighted by Gasteiger charge is 2.09. The van der Waals surface area contributed by atoms with Crippen molar-refractivity contribution in [2.75, 3.05) is 12.0 Å². The average molecular weight is 263 g/mol. The molecule has 0 bridgehead atoms. The Morgan fingerprint density at radius 1 is 1.28 bits per heavy atom. The minimum absolute atomic E-state index is 0.260. The summed E-state index contributed by atoms with van der Waals surface area (Å²) in [6, 6.07) is 6.60. The monoisotopic (exact) mass is 263 g/mol. The predicted octanol–water partition coefficient (Wildman–Crippen LogP) is 1.44. The fourth-order valence-corrected chi connectivity index (χ4v) is 2.18. The lowest BCUT2D eigenvalue weighted by atomic mass is 10.1. The third kappa shape index (κ3) is 2.48. The lowest BCUT2D eigenvalue weighted by Crippen LogP contribution is -2.00. The van der Waals surface area contributed by atoms with Gasteiger partial charge >= 0.3 is 0 Å². The zero-order chi connectivity index (χ0) is 13.3.